The third kappa shape index (κ3) is 4.52. The van der Waals surface area contributed by atoms with Crippen LogP contribution in [0.2, 0.25) is 0 Å². The third-order valence-electron chi connectivity index (χ3n) is 5.69. The van der Waals surface area contributed by atoms with Gasteiger partial charge in [-0.05, 0) is 52.0 Å². The summed E-state index contributed by atoms with van der Waals surface area (Å²) in [5.74, 6) is 1.29. The molecule has 0 aliphatic carbocycles. The van der Waals surface area contributed by atoms with Crippen LogP contribution in [0.25, 0.3) is 0 Å². The lowest BCUT2D eigenvalue weighted by molar-refractivity contribution is -0.387. The number of ether oxygens (including phenoxy) is 2. The maximum atomic E-state index is 13.1. The number of piperazine rings is 1. The Labute approximate surface area is 198 Å². The number of nitro benzene ring substituents is 1. The average Bonchev–Trinajstić information content (AvgIpc) is 3.47. The highest BCUT2D eigenvalue weighted by Crippen LogP contribution is 2.35. The van der Waals surface area contributed by atoms with Crippen molar-refractivity contribution in [3.8, 4) is 11.5 Å². The van der Waals surface area contributed by atoms with E-state index in [0.717, 1.165) is 35.4 Å². The molecule has 2 aliphatic heterocycles. The maximum absolute atomic E-state index is 13.1. The van der Waals surface area contributed by atoms with Crippen LogP contribution in [-0.4, -0.2) is 73.8 Å². The number of aromatic nitrogens is 4. The Hall–Kier alpha value is -3.71. The Kier molecular flexibility index (Phi) is 6.02. The molecule has 0 radical (unpaired) electrons. The van der Waals surface area contributed by atoms with Crippen LogP contribution in [0.5, 0.6) is 11.5 Å². The smallest absolute Gasteiger partial charge is 0.284 e. The fourth-order valence-corrected chi connectivity index (χ4v) is 4.69. The number of nitrogens with zero attached hydrogens (tertiary/aromatic N) is 7. The van der Waals surface area contributed by atoms with Gasteiger partial charge in [0.25, 0.3) is 11.6 Å². The number of nitro groups is 1. The summed E-state index contributed by atoms with van der Waals surface area (Å²) in [7, 11) is 1.65. The van der Waals surface area contributed by atoms with E-state index in [1.54, 1.807) is 24.1 Å². The summed E-state index contributed by atoms with van der Waals surface area (Å²) >= 11 is 1.08. The van der Waals surface area contributed by atoms with Gasteiger partial charge >= 0.3 is 0 Å². The molecule has 3 aromatic rings. The van der Waals surface area contributed by atoms with Gasteiger partial charge in [0.2, 0.25) is 11.9 Å². The van der Waals surface area contributed by atoms with Crippen molar-refractivity contribution >= 4 is 23.4 Å². The van der Waals surface area contributed by atoms with Crippen molar-refractivity contribution in [2.75, 3.05) is 33.0 Å². The Bertz CT molecular complexity index is 1240. The highest BCUT2D eigenvalue weighted by atomic mass is 32.2. The molecular formula is C21H21N7O5S. The van der Waals surface area contributed by atoms with Crippen molar-refractivity contribution in [1.29, 1.82) is 0 Å². The van der Waals surface area contributed by atoms with Crippen molar-refractivity contribution in [2.24, 2.45) is 7.05 Å². The van der Waals surface area contributed by atoms with Gasteiger partial charge < -0.3 is 14.4 Å². The summed E-state index contributed by atoms with van der Waals surface area (Å²) in [4.78, 5) is 28.6. The number of hydrogen-bond acceptors (Lipinski definition) is 10. The van der Waals surface area contributed by atoms with Gasteiger partial charge in [-0.3, -0.25) is 19.8 Å². The molecular weight excluding hydrogens is 462 g/mol. The molecule has 12 nitrogen and oxygen atoms in total. The first-order valence-corrected chi connectivity index (χ1v) is 11.4. The number of carbonyl (C=O) groups is 1. The Morgan fingerprint density at radius 3 is 2.65 bits per heavy atom. The molecule has 0 N–H and O–H groups in total. The number of tetrazole rings is 1. The predicted molar refractivity (Wildman–Crippen MR) is 120 cm³/mol. The van der Waals surface area contributed by atoms with Crippen molar-refractivity contribution < 1.29 is 19.2 Å². The molecule has 0 bridgehead atoms. The second-order valence-corrected chi connectivity index (χ2v) is 8.89. The first kappa shape index (κ1) is 22.1. The Morgan fingerprint density at radius 2 is 1.91 bits per heavy atom. The maximum Gasteiger partial charge on any atom is 0.284 e. The molecule has 1 aromatic heterocycles. The van der Waals surface area contributed by atoms with Crippen molar-refractivity contribution in [1.82, 2.24) is 30.0 Å². The van der Waals surface area contributed by atoms with E-state index in [1.807, 2.05) is 18.2 Å². The second-order valence-electron chi connectivity index (χ2n) is 7.88. The summed E-state index contributed by atoms with van der Waals surface area (Å²) in [6.07, 6.45) is 0. The summed E-state index contributed by atoms with van der Waals surface area (Å²) in [5, 5.41) is 23.2. The minimum absolute atomic E-state index is 0.153. The van der Waals surface area contributed by atoms with E-state index in [9.17, 15) is 14.9 Å². The monoisotopic (exact) mass is 483 g/mol. The second kappa shape index (κ2) is 9.27. The van der Waals surface area contributed by atoms with Crippen LogP contribution in [0, 0.1) is 10.1 Å². The molecule has 0 spiro atoms. The van der Waals surface area contributed by atoms with Crippen LogP contribution in [0.1, 0.15) is 15.9 Å². The summed E-state index contributed by atoms with van der Waals surface area (Å²) in [6, 6.07) is 10.4. The number of hydrogen-bond donors (Lipinski definition) is 0. The molecule has 1 saturated heterocycles. The van der Waals surface area contributed by atoms with E-state index in [2.05, 4.69) is 20.4 Å². The molecule has 1 fully saturated rings. The van der Waals surface area contributed by atoms with Crippen LogP contribution >= 0.6 is 11.8 Å². The number of carbonyl (C=O) groups excluding carboxylic acids is 1. The summed E-state index contributed by atoms with van der Waals surface area (Å²) in [5.41, 5.74) is 1.25. The largest absolute Gasteiger partial charge is 0.454 e. The first-order valence-electron chi connectivity index (χ1n) is 10.6. The zero-order valence-corrected chi connectivity index (χ0v) is 19.1. The lowest BCUT2D eigenvalue weighted by Crippen LogP contribution is -2.48. The van der Waals surface area contributed by atoms with E-state index in [1.165, 1.54) is 10.7 Å². The topological polar surface area (TPSA) is 129 Å². The Morgan fingerprint density at radius 1 is 1.12 bits per heavy atom. The standard InChI is InChI=1S/C21H21N7O5S/c1-25-21(22-23-24-25)34-19-5-3-15(11-16(19)28(30)31)20(29)27-8-6-26(7-9-27)12-14-2-4-17-18(10-14)33-13-32-17/h2-5,10-11H,6-9,12-13H2,1H3. The molecule has 0 unspecified atom stereocenters. The fourth-order valence-electron chi connectivity index (χ4n) is 3.87. The van der Waals surface area contributed by atoms with Crippen molar-refractivity contribution in [2.45, 2.75) is 16.6 Å². The van der Waals surface area contributed by atoms with E-state index in [-0.39, 0.29) is 24.0 Å². The number of amides is 1. The van der Waals surface area contributed by atoms with Gasteiger partial charge in [-0.15, -0.1) is 5.10 Å². The first-order chi connectivity index (χ1) is 16.5. The molecule has 1 amide bonds. The minimum Gasteiger partial charge on any atom is -0.454 e. The van der Waals surface area contributed by atoms with Crippen molar-refractivity contribution in [3.63, 3.8) is 0 Å². The molecule has 13 heteroatoms. The molecule has 2 aromatic carbocycles. The van der Waals surface area contributed by atoms with Crippen LogP contribution in [0.4, 0.5) is 5.69 Å². The van der Waals surface area contributed by atoms with E-state index in [4.69, 9.17) is 9.47 Å². The van der Waals surface area contributed by atoms with Crippen LogP contribution < -0.4 is 9.47 Å². The molecule has 176 valence electrons. The van der Waals surface area contributed by atoms with Gasteiger partial charge in [0.05, 0.1) is 9.82 Å². The van der Waals surface area contributed by atoms with E-state index in [0.29, 0.717) is 36.2 Å². The van der Waals surface area contributed by atoms with Crippen LogP contribution in [0.3, 0.4) is 0 Å². The molecule has 5 rings (SSSR count). The minimum atomic E-state index is -0.494. The van der Waals surface area contributed by atoms with Gasteiger partial charge in [0.15, 0.2) is 11.5 Å². The fraction of sp³-hybridized carbons (Fsp3) is 0.333. The summed E-state index contributed by atoms with van der Waals surface area (Å²) in [6.45, 7) is 3.48. The third-order valence-corrected chi connectivity index (χ3v) is 6.78. The van der Waals surface area contributed by atoms with Gasteiger partial charge in [-0.1, -0.05) is 6.07 Å². The van der Waals surface area contributed by atoms with Gasteiger partial charge in [0, 0.05) is 51.4 Å². The summed E-state index contributed by atoms with van der Waals surface area (Å²) < 4.78 is 12.2. The molecule has 0 atom stereocenters. The quantitative estimate of drug-likeness (QED) is 0.379. The highest BCUT2D eigenvalue weighted by Gasteiger charge is 2.26. The van der Waals surface area contributed by atoms with E-state index >= 15 is 0 Å². The predicted octanol–water partition coefficient (Wildman–Crippen LogP) is 1.96. The van der Waals surface area contributed by atoms with Crippen molar-refractivity contribution in [3.05, 3.63) is 57.6 Å². The SMILES string of the molecule is Cn1nnnc1Sc1ccc(C(=O)N2CCN(Cc3ccc4c(c3)OCO4)CC2)cc1[N+](=O)[O-]. The molecule has 2 aliphatic rings. The zero-order valence-electron chi connectivity index (χ0n) is 18.3. The molecule has 0 saturated carbocycles. The number of benzene rings is 2. The van der Waals surface area contributed by atoms with Crippen LogP contribution in [0.15, 0.2) is 46.5 Å². The van der Waals surface area contributed by atoms with Crippen LogP contribution in [-0.2, 0) is 13.6 Å². The zero-order chi connectivity index (χ0) is 23.7. The molecule has 3 heterocycles. The average molecular weight is 484 g/mol. The molecule has 34 heavy (non-hydrogen) atoms. The number of rotatable bonds is 6. The number of fused-ring (bicyclic) bond motifs is 1. The van der Waals surface area contributed by atoms with Gasteiger partial charge in [-0.2, -0.15) is 0 Å². The highest BCUT2D eigenvalue weighted by molar-refractivity contribution is 7.99. The number of aryl methyl sites for hydroxylation is 1. The van der Waals surface area contributed by atoms with E-state index < -0.39 is 4.92 Å². The van der Waals surface area contributed by atoms with Gasteiger partial charge in [-0.25, -0.2) is 4.68 Å². The lowest BCUT2D eigenvalue weighted by Gasteiger charge is -2.34. The Balaban J connectivity index is 1.23. The lowest BCUT2D eigenvalue weighted by atomic mass is 10.1. The van der Waals surface area contributed by atoms with Gasteiger partial charge in [0.1, 0.15) is 0 Å². The normalized spacial score (nSPS) is 15.5.